The normalized spacial score (nSPS) is 12.4. The minimum atomic E-state index is -0.118. The van der Waals surface area contributed by atoms with Crippen molar-refractivity contribution in [3.05, 3.63) is 276 Å². The Morgan fingerprint density at radius 3 is 0.620 bits per heavy atom. The molecular weight excluding hydrogens is 1320 g/mol. The molecular formula is C96H94N12. The van der Waals surface area contributed by atoms with Crippen LogP contribution in [0.4, 0.5) is 68.2 Å². The zero-order valence-corrected chi connectivity index (χ0v) is 65.1. The molecule has 8 aromatic carbocycles. The van der Waals surface area contributed by atoms with Gasteiger partial charge in [-0.1, -0.05) is 184 Å². The van der Waals surface area contributed by atoms with Gasteiger partial charge in [-0.05, 0) is 201 Å². The predicted molar refractivity (Wildman–Crippen MR) is 454 cm³/mol. The zero-order valence-electron chi connectivity index (χ0n) is 65.1. The van der Waals surface area contributed by atoms with Gasteiger partial charge >= 0.3 is 0 Å². The molecule has 108 heavy (non-hydrogen) atoms. The van der Waals surface area contributed by atoms with Crippen LogP contribution in [0.3, 0.4) is 0 Å². The van der Waals surface area contributed by atoms with Crippen molar-refractivity contribution in [1.82, 2.24) is 39.9 Å². The molecule has 16 rings (SSSR count). The summed E-state index contributed by atoms with van der Waals surface area (Å²) in [6.45, 7) is 36.4. The number of hydrogen-bond donors (Lipinski definition) is 0. The van der Waals surface area contributed by atoms with Gasteiger partial charge in [-0.2, -0.15) is 0 Å². The van der Waals surface area contributed by atoms with Crippen LogP contribution < -0.4 is 19.6 Å². The highest BCUT2D eigenvalue weighted by atomic mass is 15.2. The summed E-state index contributed by atoms with van der Waals surface area (Å²) in [5.41, 5.74) is 23.5. The maximum atomic E-state index is 5.29. The second kappa shape index (κ2) is 27.2. The van der Waals surface area contributed by atoms with Crippen molar-refractivity contribution in [3.8, 4) is 0 Å². The lowest BCUT2D eigenvalue weighted by Crippen LogP contribution is -2.19. The molecule has 0 unspecified atom stereocenters. The molecule has 0 aliphatic carbocycles. The minimum absolute atomic E-state index is 0.118. The fraction of sp³-hybridized carbons (Fsp3) is 0.250. The van der Waals surface area contributed by atoms with Crippen LogP contribution in [-0.4, -0.2) is 39.9 Å². The predicted octanol–water partition coefficient (Wildman–Crippen LogP) is 25.7. The van der Waals surface area contributed by atoms with Gasteiger partial charge in [0, 0.05) is 101 Å². The zero-order chi connectivity index (χ0) is 75.3. The Labute approximate surface area is 634 Å². The van der Waals surface area contributed by atoms with Crippen molar-refractivity contribution >= 4 is 145 Å². The second-order valence-corrected chi connectivity index (χ2v) is 32.8. The number of anilines is 12. The number of fused-ring (bicyclic) bond motifs is 4. The van der Waals surface area contributed by atoms with Crippen LogP contribution in [-0.2, 0) is 47.3 Å². The molecule has 0 radical (unpaired) electrons. The molecule has 8 aromatic heterocycles. The van der Waals surface area contributed by atoms with Gasteiger partial charge in [0.25, 0.3) is 0 Å². The van der Waals surface area contributed by atoms with E-state index in [1.165, 1.54) is 22.3 Å². The van der Waals surface area contributed by atoms with Crippen molar-refractivity contribution in [3.63, 3.8) is 0 Å². The Morgan fingerprint density at radius 1 is 0.231 bits per heavy atom. The Morgan fingerprint density at radius 2 is 0.435 bits per heavy atom. The molecule has 0 atom stereocenters. The van der Waals surface area contributed by atoms with Crippen molar-refractivity contribution in [2.45, 2.75) is 158 Å². The SMILES string of the molecule is CCc1c(N(c2ccc(C(C)(C)C)cc2)c2cc(N(c3ccc(C(C)(C)C)cc3)c3cnc4ncccc4c3CC)c3ccc4c(N(c5ccc(C(C)(C)C)cc5)c5cnc6ncccc6c5CC)cc(N(c5ccc(C(C)(C)C)cc5)c5cnc6ncccc6c5CC)c5ccc2c3c54)cnc2ncccc12. The summed E-state index contributed by atoms with van der Waals surface area (Å²) in [5.74, 6) is 0. The quantitative estimate of drug-likeness (QED) is 0.0858. The Kier molecular flexibility index (Phi) is 17.8. The van der Waals surface area contributed by atoms with Gasteiger partial charge in [0.2, 0.25) is 0 Å². The van der Waals surface area contributed by atoms with E-state index >= 15 is 0 Å². The van der Waals surface area contributed by atoms with E-state index in [0.29, 0.717) is 48.3 Å². The molecule has 0 bridgehead atoms. The molecule has 8 heterocycles. The monoisotopic (exact) mass is 1410 g/mol. The first kappa shape index (κ1) is 70.5. The molecule has 0 amide bonds. The van der Waals surface area contributed by atoms with E-state index in [2.05, 4.69) is 313 Å². The maximum absolute atomic E-state index is 5.29. The second-order valence-electron chi connectivity index (χ2n) is 32.8. The lowest BCUT2D eigenvalue weighted by atomic mass is 9.86. The highest BCUT2D eigenvalue weighted by Gasteiger charge is 2.34. The topological polar surface area (TPSA) is 116 Å². The summed E-state index contributed by atoms with van der Waals surface area (Å²) in [6, 6.07) is 68.3. The van der Waals surface area contributed by atoms with Crippen LogP contribution in [0.1, 0.15) is 155 Å². The van der Waals surface area contributed by atoms with Gasteiger partial charge in [-0.25, -0.2) is 39.9 Å². The molecule has 538 valence electrons. The van der Waals surface area contributed by atoms with Crippen LogP contribution >= 0.6 is 0 Å². The van der Waals surface area contributed by atoms with E-state index < -0.39 is 0 Å². The molecule has 0 N–H and O–H groups in total. The number of rotatable bonds is 16. The summed E-state index contributed by atoms with van der Waals surface area (Å²) in [4.78, 5) is 50.7. The van der Waals surface area contributed by atoms with Crippen LogP contribution in [0.2, 0.25) is 0 Å². The molecule has 12 heteroatoms. The van der Waals surface area contributed by atoms with E-state index in [9.17, 15) is 0 Å². The van der Waals surface area contributed by atoms with Gasteiger partial charge in [-0.15, -0.1) is 0 Å². The van der Waals surface area contributed by atoms with Crippen molar-refractivity contribution in [1.29, 1.82) is 0 Å². The smallest absolute Gasteiger partial charge is 0.159 e. The Balaban J connectivity index is 1.14. The molecule has 0 saturated heterocycles. The highest BCUT2D eigenvalue weighted by molar-refractivity contribution is 6.33. The van der Waals surface area contributed by atoms with E-state index in [1.54, 1.807) is 0 Å². The molecule has 0 aliphatic heterocycles. The Bertz CT molecular complexity index is 5360. The summed E-state index contributed by atoms with van der Waals surface area (Å²) < 4.78 is 0. The summed E-state index contributed by atoms with van der Waals surface area (Å²) in [6.07, 6.45) is 18.4. The van der Waals surface area contributed by atoms with Crippen LogP contribution in [0.25, 0.3) is 76.5 Å². The standard InChI is InChI=1S/C96H94N12/c1-17-67-71-25-21-49-97-89(71)101-55-83(67)105(63-37-29-59(30-38-63)93(5,6)7)79-53-80(106(64-39-31-60(32-40-64)94(8,9)10)84-56-102-90-72(68(84)18-2)26-22-50-98-90)76-47-48-78-82(108(66-43-35-62(36-44-66)96(14,15)16)86-58-104-92-74(70(86)20-4)28-24-52-100-92)54-81(77-46-45-75(79)87(76)88(77)78)107(65-41-33-61(34-42-65)95(11,12)13)85-57-103-91-73(69(85)19-3)27-23-51-99-91/h21-58H,17-20H2,1-16H3. The van der Waals surface area contributed by atoms with Gasteiger partial charge < -0.3 is 19.6 Å². The summed E-state index contributed by atoms with van der Waals surface area (Å²) >= 11 is 0. The van der Waals surface area contributed by atoms with Gasteiger partial charge in [0.15, 0.2) is 22.6 Å². The third-order valence-corrected chi connectivity index (χ3v) is 22.0. The molecule has 0 saturated carbocycles. The number of hydrogen-bond acceptors (Lipinski definition) is 12. The van der Waals surface area contributed by atoms with E-state index in [-0.39, 0.29) is 21.7 Å². The molecule has 12 nitrogen and oxygen atoms in total. The van der Waals surface area contributed by atoms with Gasteiger partial charge in [-0.3, -0.25) is 0 Å². The molecule has 0 fully saturated rings. The molecule has 0 aliphatic rings. The first-order valence-corrected chi connectivity index (χ1v) is 38.3. The fourth-order valence-electron chi connectivity index (χ4n) is 16.3. The lowest BCUT2D eigenvalue weighted by Gasteiger charge is -2.36. The van der Waals surface area contributed by atoms with Crippen molar-refractivity contribution in [2.75, 3.05) is 19.6 Å². The Hall–Kier alpha value is -11.8. The van der Waals surface area contributed by atoms with E-state index in [1.807, 2.05) is 49.1 Å². The van der Waals surface area contributed by atoms with E-state index in [0.717, 1.165) is 144 Å². The number of aryl methyl sites for hydroxylation is 4. The molecule has 16 aromatic rings. The maximum Gasteiger partial charge on any atom is 0.159 e. The number of nitrogens with zero attached hydrogens (tertiary/aromatic N) is 12. The lowest BCUT2D eigenvalue weighted by molar-refractivity contribution is 0.590. The van der Waals surface area contributed by atoms with Crippen LogP contribution in [0.5, 0.6) is 0 Å². The average molecular weight is 1420 g/mol. The third kappa shape index (κ3) is 12.3. The first-order valence-electron chi connectivity index (χ1n) is 38.3. The van der Waals surface area contributed by atoms with Crippen molar-refractivity contribution < 1.29 is 0 Å². The summed E-state index contributed by atoms with van der Waals surface area (Å²) in [5, 5.41) is 10.4. The number of aromatic nitrogens is 8. The average Bonchev–Trinajstić information content (AvgIpc) is 0.695. The highest BCUT2D eigenvalue weighted by Crippen LogP contribution is 2.57. The number of benzene rings is 8. The van der Waals surface area contributed by atoms with Crippen LogP contribution in [0.15, 0.2) is 232 Å². The number of pyridine rings is 8. The van der Waals surface area contributed by atoms with E-state index in [4.69, 9.17) is 39.9 Å². The molecule has 0 spiro atoms. The van der Waals surface area contributed by atoms with Crippen molar-refractivity contribution in [2.24, 2.45) is 0 Å². The summed E-state index contributed by atoms with van der Waals surface area (Å²) in [7, 11) is 0. The van der Waals surface area contributed by atoms with Gasteiger partial charge in [0.05, 0.1) is 70.3 Å². The fourth-order valence-corrected chi connectivity index (χ4v) is 16.3. The van der Waals surface area contributed by atoms with Crippen LogP contribution in [0, 0.1) is 0 Å². The first-order chi connectivity index (χ1) is 51.9. The minimum Gasteiger partial charge on any atom is -0.308 e. The third-order valence-electron chi connectivity index (χ3n) is 22.0. The largest absolute Gasteiger partial charge is 0.308 e. The van der Waals surface area contributed by atoms with Gasteiger partial charge in [0.1, 0.15) is 0 Å².